The Balaban J connectivity index is 1.46. The number of carbonyl (C=O) groups excluding carboxylic acids is 2. The normalized spacial score (nSPS) is 21.5. The molecular weight excluding hydrogens is 442 g/mol. The summed E-state index contributed by atoms with van der Waals surface area (Å²) in [7, 11) is 0. The number of aromatic amines is 1. The molecule has 2 saturated heterocycles. The Morgan fingerprint density at radius 2 is 2.00 bits per heavy atom. The van der Waals surface area contributed by atoms with Crippen molar-refractivity contribution in [3.05, 3.63) is 35.0 Å². The quantitative estimate of drug-likeness (QED) is 0.289. The van der Waals surface area contributed by atoms with Gasteiger partial charge >= 0.3 is 5.97 Å². The molecule has 4 rings (SSSR count). The average Bonchev–Trinajstić information content (AvgIpc) is 3.59. The van der Waals surface area contributed by atoms with Gasteiger partial charge in [-0.05, 0) is 77.0 Å². The van der Waals surface area contributed by atoms with Crippen LogP contribution in [-0.4, -0.2) is 70.3 Å². The number of nitrogens with two attached hydrogens (primary N) is 1. The van der Waals surface area contributed by atoms with Gasteiger partial charge in [-0.3, -0.25) is 19.9 Å². The van der Waals surface area contributed by atoms with Crippen molar-refractivity contribution in [2.75, 3.05) is 19.7 Å². The van der Waals surface area contributed by atoms with Crippen LogP contribution in [0.5, 0.6) is 0 Å². The van der Waals surface area contributed by atoms with E-state index in [0.29, 0.717) is 6.61 Å². The highest BCUT2D eigenvalue weighted by atomic mass is 16.5. The molecule has 2 aliphatic rings. The van der Waals surface area contributed by atoms with Gasteiger partial charge in [0.1, 0.15) is 11.9 Å². The number of aromatic nitrogens is 1. The number of aryl methyl sites for hydroxylation is 2. The maximum absolute atomic E-state index is 13.6. The molecule has 190 valence electrons. The SMILES string of the molecule is CCOC(=O)C(C)N1CCC[C@@H]1C(=O)N1CCC[C@H]1CCc1[nH]c2cc(C(=N)N)ccc2c1CC. The van der Waals surface area contributed by atoms with Gasteiger partial charge in [-0.25, -0.2) is 0 Å². The number of amides is 1. The smallest absolute Gasteiger partial charge is 0.323 e. The maximum Gasteiger partial charge on any atom is 0.323 e. The molecule has 2 fully saturated rings. The Hall–Kier alpha value is -2.87. The number of esters is 1. The van der Waals surface area contributed by atoms with E-state index >= 15 is 0 Å². The highest BCUT2D eigenvalue weighted by Gasteiger charge is 2.41. The van der Waals surface area contributed by atoms with E-state index in [0.717, 1.165) is 69.1 Å². The van der Waals surface area contributed by atoms with E-state index in [-0.39, 0.29) is 29.8 Å². The zero-order chi connectivity index (χ0) is 25.1. The molecule has 3 heterocycles. The summed E-state index contributed by atoms with van der Waals surface area (Å²) in [6.07, 6.45) is 6.46. The van der Waals surface area contributed by atoms with Crippen molar-refractivity contribution in [1.82, 2.24) is 14.8 Å². The summed E-state index contributed by atoms with van der Waals surface area (Å²) in [4.78, 5) is 33.6. The molecule has 0 radical (unpaired) electrons. The van der Waals surface area contributed by atoms with Crippen LogP contribution in [0.2, 0.25) is 0 Å². The summed E-state index contributed by atoms with van der Waals surface area (Å²) in [6, 6.07) is 5.49. The minimum atomic E-state index is -0.397. The second-order valence-electron chi connectivity index (χ2n) is 9.80. The van der Waals surface area contributed by atoms with Gasteiger partial charge in [0.25, 0.3) is 0 Å². The standard InChI is InChI=1S/C27H39N5O3/c1-4-20-21-12-10-18(25(28)29)16-23(21)30-22(20)13-11-19-8-6-15-32(19)26(33)24-9-7-14-31(24)17(3)27(34)35-5-2/h10,12,16-17,19,24,30H,4-9,11,13-15H2,1-3H3,(H3,28,29)/t17?,19-,24+/m0/s1. The Morgan fingerprint density at radius 1 is 1.23 bits per heavy atom. The van der Waals surface area contributed by atoms with Crippen LogP contribution in [0, 0.1) is 5.41 Å². The van der Waals surface area contributed by atoms with Gasteiger partial charge in [0.05, 0.1) is 12.6 Å². The van der Waals surface area contributed by atoms with Crippen molar-refractivity contribution in [2.24, 2.45) is 5.73 Å². The molecule has 35 heavy (non-hydrogen) atoms. The van der Waals surface area contributed by atoms with E-state index in [1.165, 1.54) is 16.6 Å². The summed E-state index contributed by atoms with van der Waals surface area (Å²) >= 11 is 0. The first-order valence-electron chi connectivity index (χ1n) is 13.1. The van der Waals surface area contributed by atoms with Crippen molar-refractivity contribution in [1.29, 1.82) is 5.41 Å². The van der Waals surface area contributed by atoms with Gasteiger partial charge in [0, 0.05) is 34.7 Å². The van der Waals surface area contributed by atoms with Crippen molar-refractivity contribution in [3.63, 3.8) is 0 Å². The van der Waals surface area contributed by atoms with Crippen LogP contribution in [0.25, 0.3) is 10.9 Å². The second-order valence-corrected chi connectivity index (χ2v) is 9.80. The van der Waals surface area contributed by atoms with Crippen LogP contribution in [0.1, 0.15) is 69.7 Å². The molecule has 4 N–H and O–H groups in total. The summed E-state index contributed by atoms with van der Waals surface area (Å²) in [5.74, 6) is -0.0111. The third kappa shape index (κ3) is 5.08. The summed E-state index contributed by atoms with van der Waals surface area (Å²) < 4.78 is 5.22. The lowest BCUT2D eigenvalue weighted by Gasteiger charge is -2.33. The fourth-order valence-electron chi connectivity index (χ4n) is 5.94. The number of benzene rings is 1. The number of hydrogen-bond acceptors (Lipinski definition) is 5. The minimum Gasteiger partial charge on any atom is -0.465 e. The highest BCUT2D eigenvalue weighted by molar-refractivity contribution is 5.99. The van der Waals surface area contributed by atoms with Gasteiger partial charge in [0.15, 0.2) is 0 Å². The van der Waals surface area contributed by atoms with E-state index < -0.39 is 6.04 Å². The topological polar surface area (TPSA) is 116 Å². The van der Waals surface area contributed by atoms with E-state index in [2.05, 4.69) is 22.9 Å². The summed E-state index contributed by atoms with van der Waals surface area (Å²) in [5, 5.41) is 8.91. The zero-order valence-corrected chi connectivity index (χ0v) is 21.2. The fraction of sp³-hybridized carbons (Fsp3) is 0.593. The molecule has 2 aromatic rings. The predicted molar refractivity (Wildman–Crippen MR) is 138 cm³/mol. The molecule has 0 saturated carbocycles. The number of rotatable bonds is 9. The highest BCUT2D eigenvalue weighted by Crippen LogP contribution is 2.30. The van der Waals surface area contributed by atoms with Gasteiger partial charge in [-0.2, -0.15) is 0 Å². The van der Waals surface area contributed by atoms with Gasteiger partial charge in [0.2, 0.25) is 5.91 Å². The zero-order valence-electron chi connectivity index (χ0n) is 21.2. The average molecular weight is 482 g/mol. The molecule has 0 bridgehead atoms. The lowest BCUT2D eigenvalue weighted by atomic mass is 10.0. The van der Waals surface area contributed by atoms with E-state index in [1.807, 2.05) is 30.9 Å². The molecule has 0 aliphatic carbocycles. The Bertz CT molecular complexity index is 1090. The van der Waals surface area contributed by atoms with Gasteiger partial charge in [-0.15, -0.1) is 0 Å². The second kappa shape index (κ2) is 10.8. The third-order valence-electron chi connectivity index (χ3n) is 7.75. The number of nitrogen functional groups attached to an aromatic ring is 1. The number of likely N-dealkylation sites (tertiary alicyclic amines) is 2. The molecule has 8 nitrogen and oxygen atoms in total. The Labute approximate surface area is 207 Å². The first-order valence-corrected chi connectivity index (χ1v) is 13.1. The monoisotopic (exact) mass is 481 g/mol. The number of nitrogens with one attached hydrogen (secondary N) is 2. The van der Waals surface area contributed by atoms with E-state index in [1.54, 1.807) is 0 Å². The number of nitrogens with zero attached hydrogens (tertiary/aromatic N) is 2. The number of ether oxygens (including phenoxy) is 1. The molecule has 1 amide bonds. The van der Waals surface area contributed by atoms with Crippen LogP contribution < -0.4 is 5.73 Å². The summed E-state index contributed by atoms with van der Waals surface area (Å²) in [6.45, 7) is 7.72. The molecule has 0 spiro atoms. The first-order chi connectivity index (χ1) is 16.8. The van der Waals surface area contributed by atoms with Crippen LogP contribution in [0.4, 0.5) is 0 Å². The van der Waals surface area contributed by atoms with Crippen molar-refractivity contribution >= 4 is 28.6 Å². The molecule has 3 atom stereocenters. The van der Waals surface area contributed by atoms with E-state index in [4.69, 9.17) is 15.9 Å². The number of hydrogen-bond donors (Lipinski definition) is 3. The van der Waals surface area contributed by atoms with Gasteiger partial charge in [-0.1, -0.05) is 19.1 Å². The van der Waals surface area contributed by atoms with E-state index in [9.17, 15) is 9.59 Å². The largest absolute Gasteiger partial charge is 0.465 e. The van der Waals surface area contributed by atoms with Crippen molar-refractivity contribution < 1.29 is 14.3 Å². The third-order valence-corrected chi connectivity index (χ3v) is 7.75. The van der Waals surface area contributed by atoms with Crippen LogP contribution in [-0.2, 0) is 27.2 Å². The lowest BCUT2D eigenvalue weighted by molar-refractivity contribution is -0.151. The molecule has 2 aliphatic heterocycles. The van der Waals surface area contributed by atoms with Crippen LogP contribution in [0.3, 0.4) is 0 Å². The minimum absolute atomic E-state index is 0.0689. The number of H-pyrrole nitrogens is 1. The molecule has 8 heteroatoms. The molecule has 1 aromatic heterocycles. The predicted octanol–water partition coefficient (Wildman–Crippen LogP) is 3.35. The number of carbonyl (C=O) groups is 2. The van der Waals surface area contributed by atoms with Crippen molar-refractivity contribution in [3.8, 4) is 0 Å². The lowest BCUT2D eigenvalue weighted by Crippen LogP contribution is -2.52. The number of amidine groups is 1. The van der Waals surface area contributed by atoms with Crippen LogP contribution >= 0.6 is 0 Å². The Morgan fingerprint density at radius 3 is 2.71 bits per heavy atom. The Kier molecular flexibility index (Phi) is 7.79. The maximum atomic E-state index is 13.6. The fourth-order valence-corrected chi connectivity index (χ4v) is 5.94. The van der Waals surface area contributed by atoms with Crippen molar-refractivity contribution in [2.45, 2.75) is 83.8 Å². The molecule has 1 aromatic carbocycles. The van der Waals surface area contributed by atoms with Gasteiger partial charge < -0.3 is 20.4 Å². The summed E-state index contributed by atoms with van der Waals surface area (Å²) in [5.41, 5.74) is 9.93. The first kappa shape index (κ1) is 25.2. The molecule has 1 unspecified atom stereocenters. The number of fused-ring (bicyclic) bond motifs is 1. The van der Waals surface area contributed by atoms with Crippen LogP contribution in [0.15, 0.2) is 18.2 Å². The molecular formula is C27H39N5O3.